The van der Waals surface area contributed by atoms with Crippen molar-refractivity contribution in [1.29, 1.82) is 0 Å². The number of hydrogen-bond acceptors (Lipinski definition) is 2. The van der Waals surface area contributed by atoms with Gasteiger partial charge in [0.15, 0.2) is 0 Å². The first-order valence-corrected chi connectivity index (χ1v) is 5.49. The summed E-state index contributed by atoms with van der Waals surface area (Å²) in [5.41, 5.74) is 2.00. The van der Waals surface area contributed by atoms with Gasteiger partial charge in [-0.05, 0) is 37.2 Å². The molecule has 1 rings (SSSR count). The monoisotopic (exact) mass is 218 g/mol. The zero-order valence-electron chi connectivity index (χ0n) is 9.79. The predicted octanol–water partition coefficient (Wildman–Crippen LogP) is 2.31. The minimum absolute atomic E-state index is 0.0944. The van der Waals surface area contributed by atoms with E-state index in [1.165, 1.54) is 11.6 Å². The number of hydrogen-bond donors (Lipinski definition) is 2. The van der Waals surface area contributed by atoms with Crippen LogP contribution < -0.4 is 10.6 Å². The number of carbonyl (C=O) groups excluding carboxylic acids is 1. The molecule has 0 aliphatic rings. The van der Waals surface area contributed by atoms with Crippen LogP contribution in [0.3, 0.4) is 0 Å². The van der Waals surface area contributed by atoms with Crippen LogP contribution in [0.5, 0.6) is 0 Å². The Kier molecular flexibility index (Phi) is 5.29. The zero-order chi connectivity index (χ0) is 11.8. The Bertz CT molecular complexity index is 372. The topological polar surface area (TPSA) is 41.1 Å². The standard InChI is InChI=1S/C13H18N2O/c1-3-6-13(16)15-12-8-5-7-11(9-12)10-14-4-2/h3,5-9,14H,4,10H2,1-2H3,(H,15,16). The van der Waals surface area contributed by atoms with Gasteiger partial charge >= 0.3 is 0 Å². The lowest BCUT2D eigenvalue weighted by Crippen LogP contribution is -2.12. The maximum absolute atomic E-state index is 11.3. The molecule has 0 atom stereocenters. The number of anilines is 1. The lowest BCUT2D eigenvalue weighted by atomic mass is 10.2. The Hall–Kier alpha value is -1.61. The summed E-state index contributed by atoms with van der Waals surface area (Å²) < 4.78 is 0. The lowest BCUT2D eigenvalue weighted by Gasteiger charge is -2.06. The van der Waals surface area contributed by atoms with Gasteiger partial charge in [-0.1, -0.05) is 25.1 Å². The Morgan fingerprint density at radius 2 is 2.25 bits per heavy atom. The van der Waals surface area contributed by atoms with E-state index in [4.69, 9.17) is 0 Å². The Morgan fingerprint density at radius 3 is 2.94 bits per heavy atom. The second kappa shape index (κ2) is 6.80. The molecule has 1 aromatic rings. The number of rotatable bonds is 5. The number of carbonyl (C=O) groups is 1. The minimum Gasteiger partial charge on any atom is -0.323 e. The fourth-order valence-corrected chi connectivity index (χ4v) is 1.36. The normalized spacial score (nSPS) is 10.6. The maximum Gasteiger partial charge on any atom is 0.248 e. The van der Waals surface area contributed by atoms with Gasteiger partial charge in [-0.3, -0.25) is 4.79 Å². The minimum atomic E-state index is -0.0944. The summed E-state index contributed by atoms with van der Waals surface area (Å²) in [6.45, 7) is 5.65. The van der Waals surface area contributed by atoms with Crippen molar-refractivity contribution >= 4 is 11.6 Å². The molecule has 1 amide bonds. The van der Waals surface area contributed by atoms with Crippen molar-refractivity contribution in [3.8, 4) is 0 Å². The number of nitrogens with one attached hydrogen (secondary N) is 2. The van der Waals surface area contributed by atoms with Gasteiger partial charge in [-0.2, -0.15) is 0 Å². The molecular formula is C13H18N2O. The van der Waals surface area contributed by atoms with Crippen LogP contribution in [-0.2, 0) is 11.3 Å². The van der Waals surface area contributed by atoms with E-state index in [-0.39, 0.29) is 5.91 Å². The molecule has 1 aromatic carbocycles. The van der Waals surface area contributed by atoms with Gasteiger partial charge in [-0.15, -0.1) is 0 Å². The van der Waals surface area contributed by atoms with E-state index in [2.05, 4.69) is 17.6 Å². The van der Waals surface area contributed by atoms with Crippen molar-refractivity contribution in [2.75, 3.05) is 11.9 Å². The van der Waals surface area contributed by atoms with Gasteiger partial charge in [0, 0.05) is 12.2 Å². The van der Waals surface area contributed by atoms with Crippen LogP contribution in [0, 0.1) is 0 Å². The average Bonchev–Trinajstić information content (AvgIpc) is 2.27. The molecule has 0 saturated carbocycles. The van der Waals surface area contributed by atoms with Crippen molar-refractivity contribution in [1.82, 2.24) is 5.32 Å². The van der Waals surface area contributed by atoms with E-state index in [0.29, 0.717) is 0 Å². The van der Waals surface area contributed by atoms with E-state index in [9.17, 15) is 4.79 Å². The van der Waals surface area contributed by atoms with Crippen LogP contribution in [0.2, 0.25) is 0 Å². The molecule has 0 unspecified atom stereocenters. The molecule has 0 radical (unpaired) electrons. The molecule has 0 bridgehead atoms. The van der Waals surface area contributed by atoms with Crippen LogP contribution in [-0.4, -0.2) is 12.5 Å². The van der Waals surface area contributed by atoms with Gasteiger partial charge in [0.05, 0.1) is 0 Å². The first-order valence-electron chi connectivity index (χ1n) is 5.49. The summed E-state index contributed by atoms with van der Waals surface area (Å²) in [6, 6.07) is 7.84. The number of amides is 1. The highest BCUT2D eigenvalue weighted by Gasteiger charge is 1.98. The first kappa shape index (κ1) is 12.5. The molecule has 0 saturated heterocycles. The molecule has 0 heterocycles. The van der Waals surface area contributed by atoms with Crippen LogP contribution in [0.25, 0.3) is 0 Å². The second-order valence-electron chi connectivity index (χ2n) is 3.47. The molecule has 0 fully saturated rings. The predicted molar refractivity (Wildman–Crippen MR) is 67.3 cm³/mol. The molecule has 0 aliphatic heterocycles. The molecule has 86 valence electrons. The van der Waals surface area contributed by atoms with E-state index in [0.717, 1.165) is 18.8 Å². The van der Waals surface area contributed by atoms with Crippen LogP contribution >= 0.6 is 0 Å². The molecular weight excluding hydrogens is 200 g/mol. The first-order chi connectivity index (χ1) is 7.76. The molecule has 0 aliphatic carbocycles. The number of benzene rings is 1. The van der Waals surface area contributed by atoms with Crippen molar-refractivity contribution < 1.29 is 4.79 Å². The highest BCUT2D eigenvalue weighted by atomic mass is 16.1. The maximum atomic E-state index is 11.3. The largest absolute Gasteiger partial charge is 0.323 e. The van der Waals surface area contributed by atoms with E-state index in [1.807, 2.05) is 31.2 Å². The van der Waals surface area contributed by atoms with Crippen LogP contribution in [0.4, 0.5) is 5.69 Å². The molecule has 0 aromatic heterocycles. The van der Waals surface area contributed by atoms with Crippen molar-refractivity contribution in [2.24, 2.45) is 0 Å². The van der Waals surface area contributed by atoms with E-state index in [1.54, 1.807) is 6.08 Å². The summed E-state index contributed by atoms with van der Waals surface area (Å²) in [4.78, 5) is 11.3. The highest BCUT2D eigenvalue weighted by Crippen LogP contribution is 2.10. The molecule has 0 spiro atoms. The zero-order valence-corrected chi connectivity index (χ0v) is 9.79. The summed E-state index contributed by atoms with van der Waals surface area (Å²) in [5, 5.41) is 6.05. The highest BCUT2D eigenvalue weighted by molar-refractivity contribution is 5.99. The smallest absolute Gasteiger partial charge is 0.248 e. The van der Waals surface area contributed by atoms with Gasteiger partial charge in [0.1, 0.15) is 0 Å². The molecule has 3 heteroatoms. The van der Waals surface area contributed by atoms with Gasteiger partial charge < -0.3 is 10.6 Å². The quantitative estimate of drug-likeness (QED) is 0.745. The third-order valence-corrected chi connectivity index (χ3v) is 2.09. The van der Waals surface area contributed by atoms with E-state index >= 15 is 0 Å². The van der Waals surface area contributed by atoms with Crippen molar-refractivity contribution in [2.45, 2.75) is 20.4 Å². The third kappa shape index (κ3) is 4.28. The lowest BCUT2D eigenvalue weighted by molar-refractivity contribution is -0.111. The summed E-state index contributed by atoms with van der Waals surface area (Å²) in [6.07, 6.45) is 3.23. The van der Waals surface area contributed by atoms with Gasteiger partial charge in [-0.25, -0.2) is 0 Å². The Balaban J connectivity index is 2.63. The fourth-order valence-electron chi connectivity index (χ4n) is 1.36. The average molecular weight is 218 g/mol. The summed E-state index contributed by atoms with van der Waals surface area (Å²) >= 11 is 0. The third-order valence-electron chi connectivity index (χ3n) is 2.09. The van der Waals surface area contributed by atoms with Crippen molar-refractivity contribution in [3.63, 3.8) is 0 Å². The molecule has 2 N–H and O–H groups in total. The summed E-state index contributed by atoms with van der Waals surface area (Å²) in [7, 11) is 0. The van der Waals surface area contributed by atoms with Gasteiger partial charge in [0.25, 0.3) is 0 Å². The Labute approximate surface area is 96.6 Å². The molecule has 3 nitrogen and oxygen atoms in total. The van der Waals surface area contributed by atoms with E-state index < -0.39 is 0 Å². The fraction of sp³-hybridized carbons (Fsp3) is 0.308. The summed E-state index contributed by atoms with van der Waals surface area (Å²) in [5.74, 6) is -0.0944. The van der Waals surface area contributed by atoms with Crippen molar-refractivity contribution in [3.05, 3.63) is 42.0 Å². The molecule has 16 heavy (non-hydrogen) atoms. The van der Waals surface area contributed by atoms with Gasteiger partial charge in [0.2, 0.25) is 5.91 Å². The SMILES string of the molecule is CC=CC(=O)Nc1cccc(CNCC)c1. The second-order valence-corrected chi connectivity index (χ2v) is 3.47. The number of allylic oxidation sites excluding steroid dienone is 1. The Morgan fingerprint density at radius 1 is 1.44 bits per heavy atom. The van der Waals surface area contributed by atoms with Crippen LogP contribution in [0.15, 0.2) is 36.4 Å². The van der Waals surface area contributed by atoms with Crippen LogP contribution in [0.1, 0.15) is 19.4 Å².